The molecule has 0 radical (unpaired) electrons. The number of amides is 1. The lowest BCUT2D eigenvalue weighted by molar-refractivity contribution is -0.123. The maximum Gasteiger partial charge on any atom is 0.254 e. The summed E-state index contributed by atoms with van der Waals surface area (Å²) in [5.41, 5.74) is 0.349. The Balaban J connectivity index is 1.80. The molecule has 0 aliphatic carbocycles. The van der Waals surface area contributed by atoms with Gasteiger partial charge in [-0.2, -0.15) is 0 Å². The van der Waals surface area contributed by atoms with E-state index in [0.29, 0.717) is 25.1 Å². The van der Waals surface area contributed by atoms with E-state index in [9.17, 15) is 14.7 Å². The second-order valence-corrected chi connectivity index (χ2v) is 6.44. The Morgan fingerprint density at radius 1 is 1.28 bits per heavy atom. The van der Waals surface area contributed by atoms with Gasteiger partial charge in [0.25, 0.3) is 11.5 Å². The standard InChI is InChI=1S/C19H22N2O4/c1-20-8-7-16(11-17(20)23)18(24)21-9-10-25-19(13-21,14-22)12-15-5-3-2-4-6-15/h2-8,11,22H,9-10,12-14H2,1H3/t19-/m1/s1. The molecule has 1 N–H and O–H groups in total. The molecule has 2 heterocycles. The molecule has 132 valence electrons. The van der Waals surface area contributed by atoms with E-state index in [1.165, 1.54) is 10.6 Å². The van der Waals surface area contributed by atoms with Crippen LogP contribution >= 0.6 is 0 Å². The zero-order valence-corrected chi connectivity index (χ0v) is 14.2. The van der Waals surface area contributed by atoms with Gasteiger partial charge in [-0.05, 0) is 11.6 Å². The highest BCUT2D eigenvalue weighted by molar-refractivity contribution is 5.94. The number of aromatic nitrogens is 1. The van der Waals surface area contributed by atoms with Crippen molar-refractivity contribution in [1.82, 2.24) is 9.47 Å². The normalized spacial score (nSPS) is 20.5. The number of rotatable bonds is 4. The summed E-state index contributed by atoms with van der Waals surface area (Å²) < 4.78 is 7.29. The van der Waals surface area contributed by atoms with Gasteiger partial charge in [0, 0.05) is 37.8 Å². The predicted octanol–water partition coefficient (Wildman–Crippen LogP) is 0.831. The largest absolute Gasteiger partial charge is 0.393 e. The van der Waals surface area contributed by atoms with E-state index in [1.54, 1.807) is 24.2 Å². The molecule has 0 saturated carbocycles. The number of aryl methyl sites for hydroxylation is 1. The lowest BCUT2D eigenvalue weighted by Crippen LogP contribution is -2.56. The first-order chi connectivity index (χ1) is 12.0. The van der Waals surface area contributed by atoms with Crippen LogP contribution in [0.25, 0.3) is 0 Å². The molecule has 1 saturated heterocycles. The summed E-state index contributed by atoms with van der Waals surface area (Å²) in [5, 5.41) is 9.94. The number of pyridine rings is 1. The number of nitrogens with zero attached hydrogens (tertiary/aromatic N) is 2. The van der Waals surface area contributed by atoms with Crippen molar-refractivity contribution < 1.29 is 14.6 Å². The molecule has 1 aromatic heterocycles. The molecule has 6 heteroatoms. The number of ether oxygens (including phenoxy) is 1. The van der Waals surface area contributed by atoms with Crippen molar-refractivity contribution in [3.8, 4) is 0 Å². The van der Waals surface area contributed by atoms with E-state index in [4.69, 9.17) is 4.74 Å². The van der Waals surface area contributed by atoms with Gasteiger partial charge in [-0.1, -0.05) is 30.3 Å². The molecular weight excluding hydrogens is 320 g/mol. The number of aliphatic hydroxyl groups is 1. The number of carbonyl (C=O) groups excluding carboxylic acids is 1. The molecule has 0 unspecified atom stereocenters. The first-order valence-electron chi connectivity index (χ1n) is 8.28. The molecule has 1 aliphatic rings. The van der Waals surface area contributed by atoms with Gasteiger partial charge in [0.1, 0.15) is 5.60 Å². The van der Waals surface area contributed by atoms with Crippen LogP contribution in [0.3, 0.4) is 0 Å². The Morgan fingerprint density at radius 3 is 2.72 bits per heavy atom. The smallest absolute Gasteiger partial charge is 0.254 e. The highest BCUT2D eigenvalue weighted by atomic mass is 16.5. The number of morpholine rings is 1. The molecule has 1 aliphatic heterocycles. The van der Waals surface area contributed by atoms with Gasteiger partial charge in [0.2, 0.25) is 0 Å². The van der Waals surface area contributed by atoms with Crippen LogP contribution in [-0.4, -0.2) is 52.4 Å². The maximum absolute atomic E-state index is 12.8. The van der Waals surface area contributed by atoms with Crippen LogP contribution < -0.4 is 5.56 Å². The molecule has 0 bridgehead atoms. The molecule has 25 heavy (non-hydrogen) atoms. The summed E-state index contributed by atoms with van der Waals surface area (Å²) in [6.07, 6.45) is 2.10. The number of aliphatic hydroxyl groups excluding tert-OH is 1. The van der Waals surface area contributed by atoms with E-state index in [1.807, 2.05) is 30.3 Å². The van der Waals surface area contributed by atoms with Crippen LogP contribution in [0.1, 0.15) is 15.9 Å². The Morgan fingerprint density at radius 2 is 2.04 bits per heavy atom. The molecule has 1 aromatic carbocycles. The topological polar surface area (TPSA) is 71.8 Å². The number of carbonyl (C=O) groups is 1. The fraction of sp³-hybridized carbons (Fsp3) is 0.368. The second-order valence-electron chi connectivity index (χ2n) is 6.44. The van der Waals surface area contributed by atoms with Gasteiger partial charge in [0.15, 0.2) is 0 Å². The minimum Gasteiger partial charge on any atom is -0.393 e. The fourth-order valence-corrected chi connectivity index (χ4v) is 3.11. The van der Waals surface area contributed by atoms with Gasteiger partial charge in [-0.25, -0.2) is 0 Å². The van der Waals surface area contributed by atoms with Gasteiger partial charge in [-0.15, -0.1) is 0 Å². The number of hydrogen-bond acceptors (Lipinski definition) is 4. The third-order valence-corrected chi connectivity index (χ3v) is 4.54. The zero-order chi connectivity index (χ0) is 17.9. The molecule has 1 amide bonds. The van der Waals surface area contributed by atoms with Crippen molar-refractivity contribution in [3.63, 3.8) is 0 Å². The fourth-order valence-electron chi connectivity index (χ4n) is 3.11. The van der Waals surface area contributed by atoms with Crippen LogP contribution in [0.15, 0.2) is 53.5 Å². The minimum atomic E-state index is -0.824. The van der Waals surface area contributed by atoms with Gasteiger partial charge in [-0.3, -0.25) is 9.59 Å². The first kappa shape index (κ1) is 17.4. The van der Waals surface area contributed by atoms with Gasteiger partial charge in [0.05, 0.1) is 19.8 Å². The molecule has 1 atom stereocenters. The van der Waals surface area contributed by atoms with E-state index < -0.39 is 5.60 Å². The minimum absolute atomic E-state index is 0.178. The Labute approximate surface area is 146 Å². The highest BCUT2D eigenvalue weighted by Gasteiger charge is 2.38. The quantitative estimate of drug-likeness (QED) is 0.893. The van der Waals surface area contributed by atoms with Crippen molar-refractivity contribution in [2.24, 2.45) is 7.05 Å². The summed E-state index contributed by atoms with van der Waals surface area (Å²) in [6, 6.07) is 12.7. The van der Waals surface area contributed by atoms with Gasteiger partial charge >= 0.3 is 0 Å². The van der Waals surface area contributed by atoms with Crippen LogP contribution in [0.2, 0.25) is 0 Å². The van der Waals surface area contributed by atoms with Crippen molar-refractivity contribution in [3.05, 3.63) is 70.1 Å². The average molecular weight is 342 g/mol. The van der Waals surface area contributed by atoms with Gasteiger partial charge < -0.3 is 19.3 Å². The molecule has 2 aromatic rings. The summed E-state index contributed by atoms with van der Waals surface area (Å²) in [5.74, 6) is -0.216. The van der Waals surface area contributed by atoms with Crippen LogP contribution in [-0.2, 0) is 18.2 Å². The number of hydrogen-bond donors (Lipinski definition) is 1. The summed E-state index contributed by atoms with van der Waals surface area (Å²) in [7, 11) is 1.64. The third kappa shape index (κ3) is 3.81. The van der Waals surface area contributed by atoms with Crippen molar-refractivity contribution >= 4 is 5.91 Å². The van der Waals surface area contributed by atoms with Crippen molar-refractivity contribution in [2.75, 3.05) is 26.3 Å². The predicted molar refractivity (Wildman–Crippen MR) is 93.5 cm³/mol. The molecule has 3 rings (SSSR count). The first-order valence-corrected chi connectivity index (χ1v) is 8.28. The Bertz CT molecular complexity index is 803. The third-order valence-electron chi connectivity index (χ3n) is 4.54. The molecule has 6 nitrogen and oxygen atoms in total. The summed E-state index contributed by atoms with van der Waals surface area (Å²) in [4.78, 5) is 26.2. The van der Waals surface area contributed by atoms with Crippen molar-refractivity contribution in [2.45, 2.75) is 12.0 Å². The van der Waals surface area contributed by atoms with E-state index in [2.05, 4.69) is 0 Å². The van der Waals surface area contributed by atoms with Crippen LogP contribution in [0.5, 0.6) is 0 Å². The molecule has 0 spiro atoms. The lowest BCUT2D eigenvalue weighted by Gasteiger charge is -2.42. The SMILES string of the molecule is Cn1ccc(C(=O)N2CCO[C@](CO)(Cc3ccccc3)C2)cc1=O. The van der Waals surface area contributed by atoms with E-state index in [0.717, 1.165) is 5.56 Å². The molecule has 1 fully saturated rings. The highest BCUT2D eigenvalue weighted by Crippen LogP contribution is 2.24. The van der Waals surface area contributed by atoms with Crippen molar-refractivity contribution in [1.29, 1.82) is 0 Å². The second kappa shape index (κ2) is 7.21. The average Bonchev–Trinajstić information content (AvgIpc) is 2.64. The van der Waals surface area contributed by atoms with E-state index >= 15 is 0 Å². The molecular formula is C19H22N2O4. The Hall–Kier alpha value is -2.44. The lowest BCUT2D eigenvalue weighted by atomic mass is 9.93. The maximum atomic E-state index is 12.8. The summed E-state index contributed by atoms with van der Waals surface area (Å²) >= 11 is 0. The zero-order valence-electron chi connectivity index (χ0n) is 14.2. The van der Waals surface area contributed by atoms with Crippen LogP contribution in [0, 0.1) is 0 Å². The summed E-state index contributed by atoms with van der Waals surface area (Å²) in [6.45, 7) is 0.892. The Kier molecular flexibility index (Phi) is 5.01. The monoisotopic (exact) mass is 342 g/mol. The number of benzene rings is 1. The van der Waals surface area contributed by atoms with E-state index in [-0.39, 0.29) is 24.6 Å². The van der Waals surface area contributed by atoms with Crippen LogP contribution in [0.4, 0.5) is 0 Å².